The number of benzene rings is 2. The smallest absolute Gasteiger partial charge is 0.491 e. The minimum absolute atomic E-state index is 0.178. The lowest BCUT2D eigenvalue weighted by Gasteiger charge is -2.30. The van der Waals surface area contributed by atoms with Crippen LogP contribution in [0.2, 0.25) is 12.1 Å². The van der Waals surface area contributed by atoms with E-state index in [4.69, 9.17) is 45.5 Å². The Morgan fingerprint density at radius 2 is 0.902 bits per heavy atom. The normalized spacial score (nSPS) is 17.5. The van der Waals surface area contributed by atoms with Gasteiger partial charge in [0.1, 0.15) is 36.9 Å². The average Bonchev–Trinajstić information content (AvgIpc) is 4.04. The van der Waals surface area contributed by atoms with Crippen LogP contribution in [0.15, 0.2) is 36.4 Å². The summed E-state index contributed by atoms with van der Waals surface area (Å²) in [4.78, 5) is 0. The van der Waals surface area contributed by atoms with Crippen LogP contribution >= 0.6 is 0 Å². The van der Waals surface area contributed by atoms with Crippen molar-refractivity contribution in [2.24, 2.45) is 0 Å². The summed E-state index contributed by atoms with van der Waals surface area (Å²) in [7, 11) is -5.51. The van der Waals surface area contributed by atoms with Gasteiger partial charge in [-0.15, -0.1) is 0 Å². The predicted octanol–water partition coefficient (Wildman–Crippen LogP) is 7.53. The standard InChI is InChI=1S/C39H64O10Si2/c1-9-44-50(45-10-2,46-11-3)23-15-17-31-25-33(19-21-37(31)42-29-35-27-40-35)39(7,8)34-20-22-38(43-30-36-28-41-36)32(26-34)18-16-24-51(47-12-4,48-13-5)49-14-6/h19-22,25-26,35-36H,9-18,23-24,27-30H2,1-8H3. The van der Waals surface area contributed by atoms with Crippen molar-refractivity contribution in [3.05, 3.63) is 58.7 Å². The first kappa shape index (κ1) is 41.9. The van der Waals surface area contributed by atoms with Crippen LogP contribution in [0.25, 0.3) is 0 Å². The van der Waals surface area contributed by atoms with Crippen molar-refractivity contribution >= 4 is 17.6 Å². The SMILES string of the molecule is CCO[Si](CCCc1cc(C(C)(C)c2ccc(OCC3CO3)c(CCC[Si](OCC)(OCC)OCC)c2)ccc1OCC1CO1)(OCC)OCC. The predicted molar refractivity (Wildman–Crippen MR) is 203 cm³/mol. The molecule has 10 nitrogen and oxygen atoms in total. The fourth-order valence-electron chi connectivity index (χ4n) is 6.46. The lowest BCUT2D eigenvalue weighted by atomic mass is 9.76. The molecule has 0 radical (unpaired) electrons. The van der Waals surface area contributed by atoms with Crippen molar-refractivity contribution in [2.45, 2.75) is 111 Å². The first-order chi connectivity index (χ1) is 24.7. The van der Waals surface area contributed by atoms with E-state index in [9.17, 15) is 0 Å². The quantitative estimate of drug-likeness (QED) is 0.0642. The van der Waals surface area contributed by atoms with Gasteiger partial charge in [0, 0.05) is 57.1 Å². The number of ether oxygens (including phenoxy) is 4. The van der Waals surface area contributed by atoms with E-state index in [0.717, 1.165) is 62.5 Å². The zero-order valence-corrected chi connectivity index (χ0v) is 34.5. The highest BCUT2D eigenvalue weighted by Gasteiger charge is 2.41. The molecule has 2 heterocycles. The summed E-state index contributed by atoms with van der Waals surface area (Å²) in [6, 6.07) is 14.8. The molecule has 2 fully saturated rings. The first-order valence-electron chi connectivity index (χ1n) is 19.3. The molecule has 288 valence electrons. The highest BCUT2D eigenvalue weighted by atomic mass is 28.4. The fraction of sp³-hybridized carbons (Fsp3) is 0.692. The van der Waals surface area contributed by atoms with Crippen molar-refractivity contribution in [2.75, 3.05) is 66.1 Å². The van der Waals surface area contributed by atoms with Gasteiger partial charge >= 0.3 is 17.6 Å². The van der Waals surface area contributed by atoms with E-state index in [2.05, 4.69) is 50.2 Å². The van der Waals surface area contributed by atoms with E-state index in [1.54, 1.807) is 0 Å². The van der Waals surface area contributed by atoms with Crippen LogP contribution in [0, 0.1) is 0 Å². The van der Waals surface area contributed by atoms with Gasteiger partial charge in [-0.1, -0.05) is 38.1 Å². The number of rotatable bonds is 28. The zero-order chi connectivity index (χ0) is 36.7. The van der Waals surface area contributed by atoms with E-state index in [1.165, 1.54) is 22.3 Å². The second-order valence-corrected chi connectivity index (χ2v) is 18.9. The maximum absolute atomic E-state index is 6.31. The first-order valence-corrected chi connectivity index (χ1v) is 23.1. The third-order valence-electron chi connectivity index (χ3n) is 9.26. The van der Waals surface area contributed by atoms with Gasteiger partial charge in [-0.25, -0.2) is 0 Å². The monoisotopic (exact) mass is 748 g/mol. The molecular weight excluding hydrogens is 685 g/mol. The Kier molecular flexibility index (Phi) is 16.9. The molecular formula is C39H64O10Si2. The molecule has 2 atom stereocenters. The average molecular weight is 749 g/mol. The largest absolute Gasteiger partial charge is 0.500 e. The molecule has 2 aliphatic rings. The second kappa shape index (κ2) is 20.6. The minimum atomic E-state index is -2.76. The Bertz CT molecular complexity index is 1190. The molecule has 4 rings (SSSR count). The lowest BCUT2D eigenvalue weighted by molar-refractivity contribution is 0.0700. The van der Waals surface area contributed by atoms with Crippen LogP contribution in [0.3, 0.4) is 0 Å². The molecule has 0 bridgehead atoms. The van der Waals surface area contributed by atoms with Gasteiger partial charge in [-0.3, -0.25) is 0 Å². The Labute approximate surface area is 309 Å². The molecule has 2 aromatic rings. The lowest BCUT2D eigenvalue weighted by Crippen LogP contribution is -2.46. The van der Waals surface area contributed by atoms with E-state index in [0.29, 0.717) is 52.9 Å². The third-order valence-corrected chi connectivity index (χ3v) is 15.6. The van der Waals surface area contributed by atoms with Crippen molar-refractivity contribution in [3.8, 4) is 11.5 Å². The van der Waals surface area contributed by atoms with Gasteiger partial charge in [0.2, 0.25) is 0 Å². The summed E-state index contributed by atoms with van der Waals surface area (Å²) < 4.78 is 60.4. The van der Waals surface area contributed by atoms with Crippen molar-refractivity contribution in [1.82, 2.24) is 0 Å². The minimum Gasteiger partial charge on any atom is -0.491 e. The Morgan fingerprint density at radius 3 is 1.20 bits per heavy atom. The van der Waals surface area contributed by atoms with Gasteiger partial charge in [-0.2, -0.15) is 0 Å². The Morgan fingerprint density at radius 1 is 0.569 bits per heavy atom. The molecule has 2 unspecified atom stereocenters. The van der Waals surface area contributed by atoms with Gasteiger partial charge in [0.25, 0.3) is 0 Å². The van der Waals surface area contributed by atoms with Crippen LogP contribution in [-0.2, 0) is 54.3 Å². The summed E-state index contributed by atoms with van der Waals surface area (Å²) in [5, 5.41) is 0. The maximum Gasteiger partial charge on any atom is 0.500 e. The van der Waals surface area contributed by atoms with E-state index in [1.807, 2.05) is 41.5 Å². The van der Waals surface area contributed by atoms with Crippen LogP contribution in [0.5, 0.6) is 11.5 Å². The molecule has 12 heteroatoms. The third kappa shape index (κ3) is 12.6. The van der Waals surface area contributed by atoms with E-state index < -0.39 is 17.6 Å². The van der Waals surface area contributed by atoms with Crippen LogP contribution in [-0.4, -0.2) is 95.9 Å². The highest BCUT2D eigenvalue weighted by Crippen LogP contribution is 2.38. The van der Waals surface area contributed by atoms with Crippen LogP contribution in [0.4, 0.5) is 0 Å². The van der Waals surface area contributed by atoms with Gasteiger partial charge in [-0.05, 0) is 102 Å². The molecule has 2 aliphatic heterocycles. The second-order valence-electron chi connectivity index (χ2n) is 13.5. The topological polar surface area (TPSA) is 98.9 Å². The molecule has 0 N–H and O–H groups in total. The van der Waals surface area contributed by atoms with Crippen LogP contribution < -0.4 is 9.47 Å². The van der Waals surface area contributed by atoms with Gasteiger partial charge in [0.05, 0.1) is 13.2 Å². The van der Waals surface area contributed by atoms with Gasteiger partial charge in [0.15, 0.2) is 0 Å². The van der Waals surface area contributed by atoms with Crippen molar-refractivity contribution in [1.29, 1.82) is 0 Å². The summed E-state index contributed by atoms with van der Waals surface area (Å²) in [5.41, 5.74) is 4.49. The Balaban J connectivity index is 1.58. The maximum atomic E-state index is 6.31. The zero-order valence-electron chi connectivity index (χ0n) is 32.5. The van der Waals surface area contributed by atoms with E-state index >= 15 is 0 Å². The molecule has 0 aromatic heterocycles. The molecule has 2 aromatic carbocycles. The van der Waals surface area contributed by atoms with Crippen molar-refractivity contribution in [3.63, 3.8) is 0 Å². The molecule has 0 spiro atoms. The van der Waals surface area contributed by atoms with Crippen LogP contribution in [0.1, 0.15) is 90.5 Å². The summed E-state index contributed by atoms with van der Waals surface area (Å²) in [6.07, 6.45) is 3.72. The molecule has 51 heavy (non-hydrogen) atoms. The van der Waals surface area contributed by atoms with Gasteiger partial charge < -0.3 is 45.5 Å². The molecule has 0 aliphatic carbocycles. The number of hydrogen-bond acceptors (Lipinski definition) is 10. The fourth-order valence-corrected chi connectivity index (χ4v) is 11.7. The van der Waals surface area contributed by atoms with Crippen molar-refractivity contribution < 1.29 is 45.5 Å². The molecule has 0 amide bonds. The summed E-state index contributed by atoms with van der Waals surface area (Å²) >= 11 is 0. The number of epoxide rings is 2. The molecule has 2 saturated heterocycles. The highest BCUT2D eigenvalue weighted by molar-refractivity contribution is 6.61. The van der Waals surface area contributed by atoms with E-state index in [-0.39, 0.29) is 17.6 Å². The molecule has 0 saturated carbocycles. The number of hydrogen-bond donors (Lipinski definition) is 0. The number of aryl methyl sites for hydroxylation is 2. The Hall–Kier alpha value is -1.85. The summed E-state index contributed by atoms with van der Waals surface area (Å²) in [5.74, 6) is 1.80. The summed E-state index contributed by atoms with van der Waals surface area (Å²) in [6.45, 7) is 22.6.